The summed E-state index contributed by atoms with van der Waals surface area (Å²) in [4.78, 5) is 15.1. The molecule has 0 saturated carbocycles. The van der Waals surface area contributed by atoms with Crippen molar-refractivity contribution in [2.45, 2.75) is 25.9 Å². The van der Waals surface area contributed by atoms with E-state index in [1.165, 1.54) is 15.3 Å². The number of fused-ring (bicyclic) bond motifs is 1. The number of nitriles is 1. The number of nitrogens with zero attached hydrogens (tertiary/aromatic N) is 1. The minimum Gasteiger partial charge on any atom is -0.493 e. The van der Waals surface area contributed by atoms with E-state index in [9.17, 15) is 10.1 Å². The maximum absolute atomic E-state index is 12.4. The predicted octanol–water partition coefficient (Wildman–Crippen LogP) is 3.17. The van der Waals surface area contributed by atoms with Crippen LogP contribution >= 0.6 is 11.3 Å². The van der Waals surface area contributed by atoms with Crippen molar-refractivity contribution in [3.63, 3.8) is 0 Å². The number of rotatable bonds is 7. The standard InChI is InChI=1S/C24H23N3O2S/c25-15-21-20-11-13-27(16-18-7-3-1-4-8-18)17-22(20)30-24(21)26-23(28)12-14-29-19-9-5-2-6-10-19/h1-10H,11-14,16-17H2,(H,26,28)/p+1. The van der Waals surface area contributed by atoms with Gasteiger partial charge in [0.25, 0.3) is 0 Å². The van der Waals surface area contributed by atoms with Gasteiger partial charge >= 0.3 is 0 Å². The fourth-order valence-corrected chi connectivity index (χ4v) is 5.03. The highest BCUT2D eigenvalue weighted by Gasteiger charge is 2.27. The van der Waals surface area contributed by atoms with E-state index in [-0.39, 0.29) is 12.3 Å². The van der Waals surface area contributed by atoms with E-state index in [0.29, 0.717) is 17.2 Å². The van der Waals surface area contributed by atoms with E-state index in [1.807, 2.05) is 36.4 Å². The Labute approximate surface area is 180 Å². The number of para-hydroxylation sites is 1. The molecule has 6 heteroatoms. The van der Waals surface area contributed by atoms with Gasteiger partial charge in [-0.25, -0.2) is 0 Å². The van der Waals surface area contributed by atoms with Crippen molar-refractivity contribution < 1.29 is 14.4 Å². The average molecular weight is 419 g/mol. The van der Waals surface area contributed by atoms with E-state index < -0.39 is 0 Å². The van der Waals surface area contributed by atoms with E-state index in [4.69, 9.17) is 4.74 Å². The Balaban J connectivity index is 1.36. The molecule has 2 N–H and O–H groups in total. The molecule has 1 amide bonds. The zero-order valence-electron chi connectivity index (χ0n) is 16.7. The van der Waals surface area contributed by atoms with Crippen LogP contribution in [0.5, 0.6) is 5.75 Å². The first-order chi connectivity index (χ1) is 14.7. The van der Waals surface area contributed by atoms with Crippen LogP contribution in [0, 0.1) is 11.3 Å². The highest BCUT2D eigenvalue weighted by Crippen LogP contribution is 2.34. The number of thiophene rings is 1. The summed E-state index contributed by atoms with van der Waals surface area (Å²) in [5.74, 6) is 0.616. The molecule has 0 radical (unpaired) electrons. The summed E-state index contributed by atoms with van der Waals surface area (Å²) < 4.78 is 5.60. The molecule has 3 aromatic rings. The number of hydrogen-bond acceptors (Lipinski definition) is 4. The molecular weight excluding hydrogens is 394 g/mol. The molecule has 1 unspecified atom stereocenters. The average Bonchev–Trinajstić information content (AvgIpc) is 3.11. The van der Waals surface area contributed by atoms with E-state index in [0.717, 1.165) is 37.4 Å². The molecule has 30 heavy (non-hydrogen) atoms. The monoisotopic (exact) mass is 418 g/mol. The Bertz CT molecular complexity index is 1040. The number of anilines is 1. The molecule has 0 saturated heterocycles. The molecule has 0 bridgehead atoms. The van der Waals surface area contributed by atoms with Gasteiger partial charge in [0.1, 0.15) is 29.9 Å². The fourth-order valence-electron chi connectivity index (χ4n) is 3.75. The number of benzene rings is 2. The SMILES string of the molecule is N#Cc1c(NC(=O)CCOc2ccccc2)sc2c1CC[NH+](Cc1ccccc1)C2. The summed E-state index contributed by atoms with van der Waals surface area (Å²) in [6.07, 6.45) is 1.11. The molecule has 4 rings (SSSR count). The first-order valence-corrected chi connectivity index (χ1v) is 10.9. The first kappa shape index (κ1) is 20.1. The summed E-state index contributed by atoms with van der Waals surface area (Å²) in [5, 5.41) is 13.3. The summed E-state index contributed by atoms with van der Waals surface area (Å²) >= 11 is 1.54. The lowest BCUT2D eigenvalue weighted by molar-refractivity contribution is -0.929. The molecule has 1 atom stereocenters. The molecule has 0 aliphatic carbocycles. The second-order valence-electron chi connectivity index (χ2n) is 7.37. The second kappa shape index (κ2) is 9.57. The molecule has 1 aromatic heterocycles. The van der Waals surface area contributed by atoms with Gasteiger partial charge in [0.15, 0.2) is 0 Å². The van der Waals surface area contributed by atoms with Crippen LogP contribution in [0.25, 0.3) is 0 Å². The van der Waals surface area contributed by atoms with Gasteiger partial charge in [0, 0.05) is 12.0 Å². The van der Waals surface area contributed by atoms with Crippen LogP contribution in [0.4, 0.5) is 5.00 Å². The number of carbonyl (C=O) groups is 1. The maximum Gasteiger partial charge on any atom is 0.228 e. The smallest absolute Gasteiger partial charge is 0.228 e. The van der Waals surface area contributed by atoms with Gasteiger partial charge in [0.2, 0.25) is 5.91 Å². The third-order valence-corrected chi connectivity index (χ3v) is 6.38. The molecule has 2 heterocycles. The van der Waals surface area contributed by atoms with E-state index in [1.54, 1.807) is 11.3 Å². The zero-order chi connectivity index (χ0) is 20.8. The maximum atomic E-state index is 12.4. The Hall–Kier alpha value is -3.14. The zero-order valence-corrected chi connectivity index (χ0v) is 17.5. The normalized spacial score (nSPS) is 15.1. The molecule has 0 fully saturated rings. The minimum absolute atomic E-state index is 0.130. The fraction of sp³-hybridized carbons (Fsp3) is 0.250. The van der Waals surface area contributed by atoms with Crippen LogP contribution in [0.2, 0.25) is 0 Å². The summed E-state index contributed by atoms with van der Waals surface area (Å²) in [5.41, 5.74) is 3.06. The highest BCUT2D eigenvalue weighted by atomic mass is 32.1. The number of amides is 1. The molecule has 1 aliphatic rings. The van der Waals surface area contributed by atoms with Crippen molar-refractivity contribution in [3.05, 3.63) is 82.2 Å². The van der Waals surface area contributed by atoms with Crippen molar-refractivity contribution in [1.82, 2.24) is 0 Å². The third-order valence-electron chi connectivity index (χ3n) is 5.23. The van der Waals surface area contributed by atoms with Crippen LogP contribution in [-0.2, 0) is 24.3 Å². The Morgan fingerprint density at radius 3 is 2.60 bits per heavy atom. The lowest BCUT2D eigenvalue weighted by atomic mass is 10.0. The number of nitrogens with one attached hydrogen (secondary N) is 2. The van der Waals surface area contributed by atoms with Gasteiger partial charge < -0.3 is 15.0 Å². The third kappa shape index (κ3) is 4.88. The summed E-state index contributed by atoms with van der Waals surface area (Å²) in [6, 6.07) is 22.2. The lowest BCUT2D eigenvalue weighted by Crippen LogP contribution is -3.10. The van der Waals surface area contributed by atoms with Gasteiger partial charge in [-0.05, 0) is 17.7 Å². The van der Waals surface area contributed by atoms with Crippen molar-refractivity contribution in [1.29, 1.82) is 5.26 Å². The highest BCUT2D eigenvalue weighted by molar-refractivity contribution is 7.16. The van der Waals surface area contributed by atoms with Gasteiger partial charge in [-0.15, -0.1) is 11.3 Å². The Kier molecular flexibility index (Phi) is 6.43. The minimum atomic E-state index is -0.130. The lowest BCUT2D eigenvalue weighted by Gasteiger charge is -2.23. The van der Waals surface area contributed by atoms with Crippen LogP contribution in [-0.4, -0.2) is 19.1 Å². The molecule has 152 valence electrons. The van der Waals surface area contributed by atoms with Crippen LogP contribution in [0.15, 0.2) is 60.7 Å². The van der Waals surface area contributed by atoms with E-state index >= 15 is 0 Å². The van der Waals surface area contributed by atoms with Gasteiger partial charge in [0.05, 0.1) is 30.0 Å². The number of ether oxygens (including phenoxy) is 1. The number of quaternary nitrogens is 1. The Morgan fingerprint density at radius 2 is 1.87 bits per heavy atom. The van der Waals surface area contributed by atoms with Gasteiger partial charge in [-0.2, -0.15) is 5.26 Å². The molecule has 0 spiro atoms. The molecule has 5 nitrogen and oxygen atoms in total. The second-order valence-corrected chi connectivity index (χ2v) is 8.47. The van der Waals surface area contributed by atoms with Crippen LogP contribution < -0.4 is 15.0 Å². The van der Waals surface area contributed by atoms with Gasteiger partial charge in [-0.1, -0.05) is 48.5 Å². The Morgan fingerprint density at radius 1 is 1.13 bits per heavy atom. The summed E-state index contributed by atoms with van der Waals surface area (Å²) in [7, 11) is 0. The van der Waals surface area contributed by atoms with Crippen molar-refractivity contribution in [3.8, 4) is 11.8 Å². The van der Waals surface area contributed by atoms with Crippen LogP contribution in [0.3, 0.4) is 0 Å². The van der Waals surface area contributed by atoms with Crippen molar-refractivity contribution in [2.75, 3.05) is 18.5 Å². The quantitative estimate of drug-likeness (QED) is 0.619. The summed E-state index contributed by atoms with van der Waals surface area (Å²) in [6.45, 7) is 3.15. The van der Waals surface area contributed by atoms with Crippen molar-refractivity contribution >= 4 is 22.2 Å². The first-order valence-electron chi connectivity index (χ1n) is 10.1. The largest absolute Gasteiger partial charge is 0.493 e. The number of carbonyl (C=O) groups excluding carboxylic acids is 1. The molecule has 1 aliphatic heterocycles. The van der Waals surface area contributed by atoms with E-state index in [2.05, 4.69) is 35.7 Å². The molecular formula is C24H24N3O2S+. The molecule has 2 aromatic carbocycles. The van der Waals surface area contributed by atoms with Gasteiger partial charge in [-0.3, -0.25) is 4.79 Å². The van der Waals surface area contributed by atoms with Crippen molar-refractivity contribution in [2.24, 2.45) is 0 Å². The van der Waals surface area contributed by atoms with Crippen LogP contribution in [0.1, 0.15) is 28.0 Å². The number of hydrogen-bond donors (Lipinski definition) is 2. The predicted molar refractivity (Wildman–Crippen MR) is 118 cm³/mol. The topological polar surface area (TPSA) is 66.6 Å².